The van der Waals surface area contributed by atoms with Crippen molar-refractivity contribution in [3.8, 4) is 0 Å². The number of rotatable bonds is 7. The monoisotopic (exact) mass is 261 g/mol. The Morgan fingerprint density at radius 3 is 3.00 bits per heavy atom. The summed E-state index contributed by atoms with van der Waals surface area (Å²) in [5, 5.41) is 15.5. The predicted octanol–water partition coefficient (Wildman–Crippen LogP) is 0.337. The zero-order chi connectivity index (χ0) is 12.7. The Hall–Kier alpha value is -1.11. The lowest BCUT2D eigenvalue weighted by atomic mass is 10.4. The molecule has 1 aromatic heterocycles. The van der Waals surface area contributed by atoms with E-state index < -0.39 is 0 Å². The molecule has 0 amide bonds. The number of ether oxygens (including phenoxy) is 1. The van der Waals surface area contributed by atoms with Gasteiger partial charge in [-0.15, -0.1) is 0 Å². The molecular formula is C10H16ClN3O3. The lowest BCUT2D eigenvalue weighted by Crippen LogP contribution is -2.24. The Morgan fingerprint density at radius 2 is 2.35 bits per heavy atom. The summed E-state index contributed by atoms with van der Waals surface area (Å²) < 4.78 is 6.35. The van der Waals surface area contributed by atoms with Crippen LogP contribution in [0.3, 0.4) is 0 Å². The van der Waals surface area contributed by atoms with Crippen molar-refractivity contribution in [2.45, 2.75) is 13.5 Å². The molecule has 1 rings (SSSR count). The molecular weight excluding hydrogens is 246 g/mol. The second-order valence-corrected chi connectivity index (χ2v) is 3.63. The van der Waals surface area contributed by atoms with E-state index in [2.05, 4.69) is 10.4 Å². The summed E-state index contributed by atoms with van der Waals surface area (Å²) in [6, 6.07) is 0. The van der Waals surface area contributed by atoms with E-state index >= 15 is 0 Å². The smallest absolute Gasteiger partial charge is 0.287 e. The van der Waals surface area contributed by atoms with Crippen LogP contribution in [-0.4, -0.2) is 41.3 Å². The summed E-state index contributed by atoms with van der Waals surface area (Å²) in [6.07, 6.45) is 1.51. The number of nitrogens with one attached hydrogen (secondary N) is 1. The minimum Gasteiger partial charge on any atom is -0.394 e. The maximum atomic E-state index is 11.6. The molecule has 0 fully saturated rings. The van der Waals surface area contributed by atoms with E-state index in [1.54, 1.807) is 0 Å². The molecule has 0 aliphatic carbocycles. The molecule has 0 aromatic carbocycles. The normalized spacial score (nSPS) is 10.5. The van der Waals surface area contributed by atoms with E-state index in [0.717, 1.165) is 0 Å². The second-order valence-electron chi connectivity index (χ2n) is 3.26. The number of aliphatic hydroxyl groups is 1. The highest BCUT2D eigenvalue weighted by molar-refractivity contribution is 6.32. The van der Waals surface area contributed by atoms with Crippen molar-refractivity contribution in [1.82, 2.24) is 9.78 Å². The highest BCUT2D eigenvalue weighted by Gasteiger charge is 2.07. The van der Waals surface area contributed by atoms with Gasteiger partial charge in [-0.25, -0.2) is 4.68 Å². The lowest BCUT2D eigenvalue weighted by Gasteiger charge is -2.09. The van der Waals surface area contributed by atoms with Crippen molar-refractivity contribution in [2.75, 3.05) is 31.7 Å². The van der Waals surface area contributed by atoms with Crippen molar-refractivity contribution < 1.29 is 9.84 Å². The van der Waals surface area contributed by atoms with Gasteiger partial charge in [-0.3, -0.25) is 4.79 Å². The maximum absolute atomic E-state index is 11.6. The fraction of sp³-hybridized carbons (Fsp3) is 0.600. The molecule has 2 N–H and O–H groups in total. The van der Waals surface area contributed by atoms with Crippen LogP contribution in [0.15, 0.2) is 11.0 Å². The zero-order valence-electron chi connectivity index (χ0n) is 9.65. The highest BCUT2D eigenvalue weighted by atomic mass is 35.5. The average molecular weight is 262 g/mol. The van der Waals surface area contributed by atoms with Crippen LogP contribution in [0.2, 0.25) is 5.02 Å². The van der Waals surface area contributed by atoms with E-state index in [1.165, 1.54) is 10.9 Å². The molecule has 7 heteroatoms. The molecule has 0 radical (unpaired) electrons. The van der Waals surface area contributed by atoms with Gasteiger partial charge in [-0.1, -0.05) is 11.6 Å². The van der Waals surface area contributed by atoms with Crippen LogP contribution in [0.5, 0.6) is 0 Å². The second kappa shape index (κ2) is 7.26. The molecule has 96 valence electrons. The summed E-state index contributed by atoms with van der Waals surface area (Å²) in [4.78, 5) is 11.6. The standard InChI is InChI=1S/C10H16ClN3O3/c1-2-14-10(16)9(11)8(7-13-14)12-3-5-17-6-4-15/h7,12,15H,2-6H2,1H3. The molecule has 0 aliphatic heterocycles. The predicted molar refractivity (Wildman–Crippen MR) is 65.6 cm³/mol. The number of aliphatic hydroxyl groups excluding tert-OH is 1. The third kappa shape index (κ3) is 3.99. The topological polar surface area (TPSA) is 76.4 Å². The summed E-state index contributed by atoms with van der Waals surface area (Å²) in [6.45, 7) is 3.52. The van der Waals surface area contributed by atoms with Crippen LogP contribution in [0.25, 0.3) is 0 Å². The van der Waals surface area contributed by atoms with Crippen LogP contribution < -0.4 is 10.9 Å². The summed E-state index contributed by atoms with van der Waals surface area (Å²) in [7, 11) is 0. The summed E-state index contributed by atoms with van der Waals surface area (Å²) in [5.74, 6) is 0. The molecule has 17 heavy (non-hydrogen) atoms. The van der Waals surface area contributed by atoms with Crippen molar-refractivity contribution in [3.63, 3.8) is 0 Å². The van der Waals surface area contributed by atoms with Gasteiger partial charge in [-0.05, 0) is 6.92 Å². The Balaban J connectivity index is 2.55. The molecule has 0 bridgehead atoms. The average Bonchev–Trinajstić information content (AvgIpc) is 2.34. The van der Waals surface area contributed by atoms with E-state index in [-0.39, 0.29) is 17.2 Å². The molecule has 0 spiro atoms. The van der Waals surface area contributed by atoms with Gasteiger partial charge in [0.2, 0.25) is 0 Å². The molecule has 1 heterocycles. The molecule has 6 nitrogen and oxygen atoms in total. The Kier molecular flexibility index (Phi) is 5.96. The number of aryl methyl sites for hydroxylation is 1. The van der Waals surface area contributed by atoms with Gasteiger partial charge in [0, 0.05) is 13.1 Å². The molecule has 0 saturated carbocycles. The number of nitrogens with zero attached hydrogens (tertiary/aromatic N) is 2. The molecule has 1 aromatic rings. The summed E-state index contributed by atoms with van der Waals surface area (Å²) >= 11 is 5.90. The number of hydrogen-bond donors (Lipinski definition) is 2. The van der Waals surface area contributed by atoms with Crippen molar-refractivity contribution >= 4 is 17.3 Å². The number of halogens is 1. The van der Waals surface area contributed by atoms with Gasteiger partial charge < -0.3 is 15.2 Å². The Morgan fingerprint density at radius 1 is 1.59 bits per heavy atom. The first-order valence-corrected chi connectivity index (χ1v) is 5.76. The van der Waals surface area contributed by atoms with Gasteiger partial charge >= 0.3 is 0 Å². The largest absolute Gasteiger partial charge is 0.394 e. The quantitative estimate of drug-likeness (QED) is 0.692. The highest BCUT2D eigenvalue weighted by Crippen LogP contribution is 2.14. The molecule has 0 aliphatic rings. The van der Waals surface area contributed by atoms with Crippen LogP contribution in [0.1, 0.15) is 6.92 Å². The summed E-state index contributed by atoms with van der Waals surface area (Å²) in [5.41, 5.74) is 0.185. The van der Waals surface area contributed by atoms with Gasteiger partial charge in [0.25, 0.3) is 5.56 Å². The fourth-order valence-corrected chi connectivity index (χ4v) is 1.45. The third-order valence-corrected chi connectivity index (χ3v) is 2.45. The van der Waals surface area contributed by atoms with Crippen molar-refractivity contribution in [2.24, 2.45) is 0 Å². The minimum absolute atomic E-state index is 0.00510. The van der Waals surface area contributed by atoms with E-state index in [4.69, 9.17) is 21.4 Å². The van der Waals surface area contributed by atoms with Crippen LogP contribution >= 0.6 is 11.6 Å². The Bertz CT molecular complexity index is 408. The molecule has 0 atom stereocenters. The number of aromatic nitrogens is 2. The molecule has 0 unspecified atom stereocenters. The maximum Gasteiger partial charge on any atom is 0.287 e. The lowest BCUT2D eigenvalue weighted by molar-refractivity contribution is 0.0992. The first-order chi connectivity index (χ1) is 8.20. The van der Waals surface area contributed by atoms with E-state index in [9.17, 15) is 4.79 Å². The first kappa shape index (κ1) is 14.0. The van der Waals surface area contributed by atoms with Gasteiger partial charge in [0.1, 0.15) is 5.02 Å². The van der Waals surface area contributed by atoms with Gasteiger partial charge in [0.05, 0.1) is 31.7 Å². The number of anilines is 1. The van der Waals surface area contributed by atoms with E-state index in [0.29, 0.717) is 32.0 Å². The van der Waals surface area contributed by atoms with Gasteiger partial charge in [-0.2, -0.15) is 5.10 Å². The van der Waals surface area contributed by atoms with Crippen molar-refractivity contribution in [3.05, 3.63) is 21.6 Å². The molecule has 0 saturated heterocycles. The Labute approximate surface area is 104 Å². The SMILES string of the molecule is CCn1ncc(NCCOCCO)c(Cl)c1=O. The van der Waals surface area contributed by atoms with Gasteiger partial charge in [0.15, 0.2) is 0 Å². The van der Waals surface area contributed by atoms with Crippen molar-refractivity contribution in [1.29, 1.82) is 0 Å². The van der Waals surface area contributed by atoms with Crippen LogP contribution in [0.4, 0.5) is 5.69 Å². The van der Waals surface area contributed by atoms with Crippen LogP contribution in [0, 0.1) is 0 Å². The fourth-order valence-electron chi connectivity index (χ4n) is 1.24. The van der Waals surface area contributed by atoms with Crippen LogP contribution in [-0.2, 0) is 11.3 Å². The third-order valence-electron chi connectivity index (χ3n) is 2.08. The minimum atomic E-state index is -0.310. The number of hydrogen-bond acceptors (Lipinski definition) is 5. The van der Waals surface area contributed by atoms with E-state index in [1.807, 2.05) is 6.92 Å². The first-order valence-electron chi connectivity index (χ1n) is 5.38. The zero-order valence-corrected chi connectivity index (χ0v) is 10.4.